The molecule has 0 amide bonds. The van der Waals surface area contributed by atoms with Gasteiger partial charge in [-0.3, -0.25) is 0 Å². The third-order valence-corrected chi connectivity index (χ3v) is 23.9. The van der Waals surface area contributed by atoms with Gasteiger partial charge in [0.25, 0.3) is 0 Å². The van der Waals surface area contributed by atoms with Gasteiger partial charge in [-0.25, -0.2) is 0 Å². The van der Waals surface area contributed by atoms with Gasteiger partial charge in [0.1, 0.15) is 0 Å². The second-order valence-corrected chi connectivity index (χ2v) is 37.4. The summed E-state index contributed by atoms with van der Waals surface area (Å²) in [5.74, 6) is 2.34. The molecule has 2 fully saturated rings. The number of fused-ring (bicyclic) bond motifs is 2. The molecule has 0 aromatic heterocycles. The van der Waals surface area contributed by atoms with Crippen LogP contribution in [0.1, 0.15) is 58.3 Å². The molecule has 0 heterocycles. The summed E-state index contributed by atoms with van der Waals surface area (Å²) in [6.45, 7) is 26.9. The minimum atomic E-state index is -1.37. The highest BCUT2D eigenvalue weighted by Crippen LogP contribution is 2.43. The number of aliphatic hydroxyl groups is 2. The molecule has 4 nitrogen and oxygen atoms in total. The van der Waals surface area contributed by atoms with Gasteiger partial charge in [0, 0.05) is 13.2 Å². The fraction of sp³-hybridized carbons (Fsp3) is 0.707. The number of hydrogen-bond donors (Lipinski definition) is 2. The molecular formula is C41H76O4Si4. The van der Waals surface area contributed by atoms with E-state index in [9.17, 15) is 0 Å². The topological polar surface area (TPSA) is 58.9 Å². The summed E-state index contributed by atoms with van der Waals surface area (Å²) < 4.78 is 10.7. The van der Waals surface area contributed by atoms with Crippen LogP contribution in [0, 0.1) is 11.8 Å². The van der Waals surface area contributed by atoms with Crippen molar-refractivity contribution in [2.45, 2.75) is 135 Å². The van der Waals surface area contributed by atoms with Gasteiger partial charge in [-0.2, -0.15) is 0 Å². The van der Waals surface area contributed by atoms with Crippen LogP contribution in [0.25, 0.3) is 0 Å². The standard InChI is InChI=1S/C18H34O2Si2.C16H30O2Si2.C7H12/c1-6-15-21(2,3)17-8-10-18(11-9-17)22(4,5)16-7-13-20-14-12-19;1-19(2,3)15-7-9-16(10-8-15)20(4,5)14-6-12-18-13-11-17;1-2-7-4-3-6(1)5-7/h8-11,19H,6-7,12-16H2,1-5H3;7-10,17H,6,11-14H2,1-5H3;6-7H,1-5H2. The first-order valence-corrected chi connectivity index (χ1v) is 32.8. The van der Waals surface area contributed by atoms with Crippen molar-refractivity contribution in [3.8, 4) is 0 Å². The van der Waals surface area contributed by atoms with E-state index in [1.165, 1.54) is 41.6 Å². The predicted molar refractivity (Wildman–Crippen MR) is 227 cm³/mol. The molecule has 2 N–H and O–H groups in total. The van der Waals surface area contributed by atoms with Gasteiger partial charge < -0.3 is 19.7 Å². The molecular weight excluding hydrogens is 669 g/mol. The van der Waals surface area contributed by atoms with Crippen molar-refractivity contribution in [2.24, 2.45) is 11.8 Å². The van der Waals surface area contributed by atoms with E-state index in [4.69, 9.17) is 19.7 Å². The summed E-state index contributed by atoms with van der Waals surface area (Å²) in [5.41, 5.74) is 0. The molecule has 0 aliphatic heterocycles. The Morgan fingerprint density at radius 2 is 0.837 bits per heavy atom. The lowest BCUT2D eigenvalue weighted by molar-refractivity contribution is 0.0927. The van der Waals surface area contributed by atoms with E-state index in [0.717, 1.165) is 26.1 Å². The van der Waals surface area contributed by atoms with Gasteiger partial charge in [-0.1, -0.05) is 185 Å². The second kappa shape index (κ2) is 21.6. The first-order valence-electron chi connectivity index (χ1n) is 19.6. The first-order chi connectivity index (χ1) is 23.1. The quantitative estimate of drug-likeness (QED) is 0.120. The molecule has 0 unspecified atom stereocenters. The van der Waals surface area contributed by atoms with E-state index in [0.29, 0.717) is 13.2 Å². The molecule has 2 aliphatic carbocycles. The zero-order chi connectivity index (χ0) is 36.6. The number of ether oxygens (including phenoxy) is 2. The third-order valence-electron chi connectivity index (χ3n) is 11.1. The maximum Gasteiger partial charge on any atom is 0.0807 e. The molecule has 0 saturated heterocycles. The largest absolute Gasteiger partial charge is 0.394 e. The van der Waals surface area contributed by atoms with Gasteiger partial charge >= 0.3 is 0 Å². The zero-order valence-corrected chi connectivity index (χ0v) is 37.5. The maximum atomic E-state index is 8.72. The van der Waals surface area contributed by atoms with Crippen molar-refractivity contribution < 1.29 is 19.7 Å². The highest BCUT2D eigenvalue weighted by Gasteiger charge is 2.31. The van der Waals surface area contributed by atoms with Gasteiger partial charge in [-0.05, 0) is 31.1 Å². The molecule has 2 aromatic rings. The van der Waals surface area contributed by atoms with Crippen molar-refractivity contribution >= 4 is 53.0 Å². The Labute approximate surface area is 306 Å². The highest BCUT2D eigenvalue weighted by atomic mass is 28.3. The average Bonchev–Trinajstić information content (AvgIpc) is 3.72. The van der Waals surface area contributed by atoms with Crippen molar-refractivity contribution in [1.82, 2.24) is 0 Å². The van der Waals surface area contributed by atoms with Crippen LogP contribution in [0.2, 0.25) is 77.1 Å². The molecule has 2 aromatic carbocycles. The molecule has 0 radical (unpaired) electrons. The molecule has 49 heavy (non-hydrogen) atoms. The molecule has 2 saturated carbocycles. The fourth-order valence-corrected chi connectivity index (χ4v) is 16.1. The van der Waals surface area contributed by atoms with Gasteiger partial charge in [-0.15, -0.1) is 0 Å². The molecule has 280 valence electrons. The summed E-state index contributed by atoms with van der Waals surface area (Å²) in [5, 5.41) is 23.6. The number of hydrogen-bond acceptors (Lipinski definition) is 4. The first kappa shape index (κ1) is 44.3. The van der Waals surface area contributed by atoms with E-state index in [-0.39, 0.29) is 13.2 Å². The van der Waals surface area contributed by atoms with E-state index in [1.54, 1.807) is 47.7 Å². The lowest BCUT2D eigenvalue weighted by atomic mass is 10.0. The van der Waals surface area contributed by atoms with E-state index in [1.807, 2.05) is 0 Å². The van der Waals surface area contributed by atoms with Crippen molar-refractivity contribution in [1.29, 1.82) is 0 Å². The summed E-state index contributed by atoms with van der Waals surface area (Å²) in [4.78, 5) is 0. The molecule has 0 spiro atoms. The Morgan fingerprint density at radius 3 is 1.10 bits per heavy atom. The minimum Gasteiger partial charge on any atom is -0.394 e. The van der Waals surface area contributed by atoms with Crippen molar-refractivity contribution in [3.05, 3.63) is 48.5 Å². The normalized spacial score (nSPS) is 17.7. The molecule has 4 rings (SSSR count). The van der Waals surface area contributed by atoms with E-state index in [2.05, 4.69) is 114 Å². The molecule has 0 atom stereocenters. The van der Waals surface area contributed by atoms with E-state index >= 15 is 0 Å². The van der Waals surface area contributed by atoms with Crippen molar-refractivity contribution in [2.75, 3.05) is 39.6 Å². The smallest absolute Gasteiger partial charge is 0.0807 e. The van der Waals surface area contributed by atoms with E-state index < -0.39 is 32.3 Å². The second-order valence-electron chi connectivity index (χ2n) is 17.8. The Balaban J connectivity index is 0.000000282. The van der Waals surface area contributed by atoms with Crippen LogP contribution < -0.4 is 20.7 Å². The van der Waals surface area contributed by atoms with Crippen molar-refractivity contribution in [3.63, 3.8) is 0 Å². The summed E-state index contributed by atoms with van der Waals surface area (Å²) in [6, 6.07) is 22.8. The lowest BCUT2D eigenvalue weighted by Crippen LogP contribution is -2.45. The predicted octanol–water partition coefficient (Wildman–Crippen LogP) is 8.07. The molecule has 2 bridgehead atoms. The van der Waals surface area contributed by atoms with Crippen LogP contribution >= 0.6 is 0 Å². The summed E-state index contributed by atoms with van der Waals surface area (Å²) >= 11 is 0. The van der Waals surface area contributed by atoms with Gasteiger partial charge in [0.15, 0.2) is 0 Å². The van der Waals surface area contributed by atoms with Crippen LogP contribution in [0.4, 0.5) is 0 Å². The Bertz CT molecular complexity index is 1140. The maximum absolute atomic E-state index is 8.72. The minimum absolute atomic E-state index is 0.124. The van der Waals surface area contributed by atoms with Crippen LogP contribution in [-0.4, -0.2) is 82.1 Å². The Morgan fingerprint density at radius 1 is 0.510 bits per heavy atom. The lowest BCUT2D eigenvalue weighted by Gasteiger charge is -2.26. The fourth-order valence-electron chi connectivity index (χ4n) is 7.59. The van der Waals surface area contributed by atoms with Crippen LogP contribution in [0.5, 0.6) is 0 Å². The number of rotatable bonds is 18. The van der Waals surface area contributed by atoms with Crippen LogP contribution in [0.15, 0.2) is 48.5 Å². The number of benzene rings is 2. The highest BCUT2D eigenvalue weighted by molar-refractivity contribution is 6.92. The van der Waals surface area contributed by atoms with Crippen LogP contribution in [-0.2, 0) is 9.47 Å². The zero-order valence-electron chi connectivity index (χ0n) is 33.5. The molecule has 2 aliphatic rings. The van der Waals surface area contributed by atoms with Gasteiger partial charge in [0.2, 0.25) is 0 Å². The summed E-state index contributed by atoms with van der Waals surface area (Å²) in [7, 11) is -5.13. The molecule has 8 heteroatoms. The van der Waals surface area contributed by atoms with Gasteiger partial charge in [0.05, 0.1) is 58.7 Å². The average molecular weight is 745 g/mol. The number of aliphatic hydroxyl groups excluding tert-OH is 2. The van der Waals surface area contributed by atoms with Crippen LogP contribution in [0.3, 0.4) is 0 Å². The monoisotopic (exact) mass is 744 g/mol. The third kappa shape index (κ3) is 16.1. The SMILES string of the molecule is C1CC2CCC1C2.CCC[Si](C)(C)c1ccc([Si](C)(C)CCCOCCO)cc1.C[Si](C)(C)c1ccc([Si](C)(C)CCCOCCO)cc1. The Kier molecular flexibility index (Phi) is 19.6. The Hall–Kier alpha value is -0.852. The summed E-state index contributed by atoms with van der Waals surface area (Å²) in [6.07, 6.45) is 11.3.